The van der Waals surface area contributed by atoms with Crippen LogP contribution in [-0.4, -0.2) is 27.0 Å². The molecule has 6 rings (SSSR count). The van der Waals surface area contributed by atoms with Crippen LogP contribution in [0.2, 0.25) is 0 Å². The molecule has 1 amide bonds. The molecule has 0 bridgehead atoms. The molecule has 1 unspecified atom stereocenters. The van der Waals surface area contributed by atoms with Gasteiger partial charge in [0.15, 0.2) is 4.34 Å². The smallest absolute Gasteiger partial charge is 0.301 e. The summed E-state index contributed by atoms with van der Waals surface area (Å²) < 4.78 is 19.9. The zero-order valence-corrected chi connectivity index (χ0v) is 25.4. The molecule has 1 saturated heterocycles. The number of hydrogen-bond donors (Lipinski definition) is 1. The van der Waals surface area contributed by atoms with E-state index in [1.54, 1.807) is 42.5 Å². The van der Waals surface area contributed by atoms with E-state index in [0.29, 0.717) is 32.7 Å². The van der Waals surface area contributed by atoms with E-state index in [0.717, 1.165) is 28.0 Å². The van der Waals surface area contributed by atoms with Crippen LogP contribution in [-0.2, 0) is 15.3 Å². The quantitative estimate of drug-likeness (QED) is 0.0616. The van der Waals surface area contributed by atoms with E-state index in [4.69, 9.17) is 4.74 Å². The Morgan fingerprint density at radius 3 is 2.45 bits per heavy atom. The lowest BCUT2D eigenvalue weighted by atomic mass is 9.93. The van der Waals surface area contributed by atoms with Crippen LogP contribution in [0.4, 0.5) is 9.52 Å². The molecule has 0 spiro atoms. The van der Waals surface area contributed by atoms with Crippen LogP contribution in [0.1, 0.15) is 33.9 Å². The maximum Gasteiger partial charge on any atom is 0.301 e. The van der Waals surface area contributed by atoms with Crippen LogP contribution in [0.5, 0.6) is 11.5 Å². The Balaban J connectivity index is 1.41. The topological polar surface area (TPSA) is 92.6 Å². The van der Waals surface area contributed by atoms with E-state index in [1.807, 2.05) is 56.3 Å². The number of thioether (sulfide) groups is 1. The minimum absolute atomic E-state index is 0.0451. The zero-order valence-electron chi connectivity index (χ0n) is 23.7. The Bertz CT molecular complexity index is 1890. The Morgan fingerprint density at radius 2 is 1.68 bits per heavy atom. The molecule has 1 aliphatic rings. The number of ether oxygens (including phenoxy) is 1. The van der Waals surface area contributed by atoms with Crippen molar-refractivity contribution in [2.75, 3.05) is 4.90 Å². The number of aryl methyl sites for hydroxylation is 2. The number of aromatic nitrogens is 2. The van der Waals surface area contributed by atoms with Crippen molar-refractivity contribution in [2.24, 2.45) is 0 Å². The first-order valence-electron chi connectivity index (χ1n) is 13.7. The highest BCUT2D eigenvalue weighted by atomic mass is 32.2. The van der Waals surface area contributed by atoms with Gasteiger partial charge in [-0.3, -0.25) is 14.5 Å². The second-order valence-corrected chi connectivity index (χ2v) is 12.4. The second kappa shape index (κ2) is 12.4. The number of hydrogen-bond acceptors (Lipinski definition) is 8. The number of benzene rings is 4. The number of halogens is 1. The third-order valence-electron chi connectivity index (χ3n) is 7.12. The highest BCUT2D eigenvalue weighted by molar-refractivity contribution is 8.00. The fourth-order valence-corrected chi connectivity index (χ4v) is 6.76. The number of ketones is 1. The molecule has 220 valence electrons. The summed E-state index contributed by atoms with van der Waals surface area (Å²) in [7, 11) is 0. The van der Waals surface area contributed by atoms with Crippen LogP contribution in [0, 0.1) is 19.7 Å². The summed E-state index contributed by atoms with van der Waals surface area (Å²) >= 11 is 2.55. The molecule has 1 aromatic heterocycles. The van der Waals surface area contributed by atoms with E-state index >= 15 is 0 Å². The number of para-hydroxylation sites is 1. The average molecular weight is 624 g/mol. The Kier molecular flexibility index (Phi) is 8.28. The summed E-state index contributed by atoms with van der Waals surface area (Å²) in [5.74, 6) is -0.572. The van der Waals surface area contributed by atoms with Crippen molar-refractivity contribution in [1.29, 1.82) is 0 Å². The molecule has 4 aromatic carbocycles. The monoisotopic (exact) mass is 623 g/mol. The van der Waals surface area contributed by atoms with Crippen molar-refractivity contribution < 1.29 is 23.8 Å². The van der Waals surface area contributed by atoms with Gasteiger partial charge in [0.1, 0.15) is 23.1 Å². The van der Waals surface area contributed by atoms with Gasteiger partial charge in [0.2, 0.25) is 5.13 Å². The molecule has 7 nitrogen and oxygen atoms in total. The van der Waals surface area contributed by atoms with Crippen LogP contribution in [0.15, 0.2) is 107 Å². The largest absolute Gasteiger partial charge is 0.507 e. The SMILES string of the molecule is Cc1ccc(C)c(C(O)=C2C(=O)C(=O)N(c3nnc(SCc4ccc(F)cc4)s3)C2c2cccc(Oc3ccccc3)c2)c1. The van der Waals surface area contributed by atoms with E-state index < -0.39 is 17.7 Å². The standard InChI is InChI=1S/C34H26FN3O4S2/c1-20-11-12-21(2)27(17-20)30(39)28-29(23-7-6-10-26(18-23)42-25-8-4-3-5-9-25)38(32(41)31(28)40)33-36-37-34(44-33)43-19-22-13-15-24(35)16-14-22/h3-18,29,39H,19H2,1-2H3. The maximum absolute atomic E-state index is 13.7. The van der Waals surface area contributed by atoms with Gasteiger partial charge < -0.3 is 9.84 Å². The van der Waals surface area contributed by atoms with Gasteiger partial charge in [0.05, 0.1) is 11.6 Å². The van der Waals surface area contributed by atoms with Crippen LogP contribution in [0.25, 0.3) is 5.76 Å². The number of nitrogens with zero attached hydrogens (tertiary/aromatic N) is 3. The van der Waals surface area contributed by atoms with Crippen molar-refractivity contribution in [1.82, 2.24) is 10.2 Å². The number of Topliss-reactive ketones (excluding diaryl/α,β-unsaturated/α-hetero) is 1. The minimum atomic E-state index is -0.989. The van der Waals surface area contributed by atoms with Crippen molar-refractivity contribution in [3.8, 4) is 11.5 Å². The third-order valence-corrected chi connectivity index (χ3v) is 9.25. The van der Waals surface area contributed by atoms with Crippen molar-refractivity contribution >= 4 is 45.7 Å². The molecule has 1 fully saturated rings. The molecular formula is C34H26FN3O4S2. The molecule has 1 N–H and O–H groups in total. The lowest BCUT2D eigenvalue weighted by Gasteiger charge is -2.23. The Labute approximate surface area is 261 Å². The first kappa shape index (κ1) is 29.3. The predicted molar refractivity (Wildman–Crippen MR) is 170 cm³/mol. The lowest BCUT2D eigenvalue weighted by molar-refractivity contribution is -0.132. The van der Waals surface area contributed by atoms with Gasteiger partial charge in [-0.15, -0.1) is 10.2 Å². The minimum Gasteiger partial charge on any atom is -0.507 e. The van der Waals surface area contributed by atoms with Gasteiger partial charge >= 0.3 is 5.91 Å². The van der Waals surface area contributed by atoms with E-state index in [1.165, 1.54) is 28.8 Å². The fraction of sp³-hybridized carbons (Fsp3) is 0.118. The predicted octanol–water partition coefficient (Wildman–Crippen LogP) is 8.00. The summed E-state index contributed by atoms with van der Waals surface area (Å²) in [6.07, 6.45) is 0. The molecule has 5 aromatic rings. The van der Waals surface area contributed by atoms with Crippen molar-refractivity contribution in [3.05, 3.63) is 136 Å². The number of aliphatic hydroxyl groups excluding tert-OH is 1. The van der Waals surface area contributed by atoms with E-state index in [9.17, 15) is 19.1 Å². The fourth-order valence-electron chi connectivity index (χ4n) is 4.94. The summed E-state index contributed by atoms with van der Waals surface area (Å²) in [6.45, 7) is 3.73. The van der Waals surface area contributed by atoms with E-state index in [-0.39, 0.29) is 22.3 Å². The van der Waals surface area contributed by atoms with Crippen LogP contribution < -0.4 is 9.64 Å². The summed E-state index contributed by atoms with van der Waals surface area (Å²) in [5, 5.41) is 20.4. The number of rotatable bonds is 8. The first-order chi connectivity index (χ1) is 21.3. The van der Waals surface area contributed by atoms with Gasteiger partial charge in [-0.25, -0.2) is 4.39 Å². The molecular weight excluding hydrogens is 598 g/mol. The molecule has 0 radical (unpaired) electrons. The van der Waals surface area contributed by atoms with Gasteiger partial charge in [-0.2, -0.15) is 0 Å². The number of aliphatic hydroxyl groups is 1. The van der Waals surface area contributed by atoms with Gasteiger partial charge in [0, 0.05) is 11.3 Å². The third kappa shape index (κ3) is 5.99. The maximum atomic E-state index is 13.7. The average Bonchev–Trinajstić information content (AvgIpc) is 3.60. The highest BCUT2D eigenvalue weighted by Gasteiger charge is 2.48. The summed E-state index contributed by atoms with van der Waals surface area (Å²) in [5.41, 5.74) is 3.54. The van der Waals surface area contributed by atoms with Gasteiger partial charge in [0.25, 0.3) is 5.78 Å². The normalized spacial score (nSPS) is 16.0. The van der Waals surface area contributed by atoms with Crippen molar-refractivity contribution in [2.45, 2.75) is 30.0 Å². The van der Waals surface area contributed by atoms with E-state index in [2.05, 4.69) is 10.2 Å². The summed E-state index contributed by atoms with van der Waals surface area (Å²) in [6, 6.07) is 27.1. The molecule has 1 aliphatic heterocycles. The lowest BCUT2D eigenvalue weighted by Crippen LogP contribution is -2.29. The second-order valence-electron chi connectivity index (χ2n) is 10.2. The zero-order chi connectivity index (χ0) is 30.8. The molecule has 44 heavy (non-hydrogen) atoms. The number of carbonyl (C=O) groups excluding carboxylic acids is 2. The van der Waals surface area contributed by atoms with Gasteiger partial charge in [-0.1, -0.05) is 83.3 Å². The number of amides is 1. The van der Waals surface area contributed by atoms with Crippen LogP contribution in [0.3, 0.4) is 0 Å². The van der Waals surface area contributed by atoms with Gasteiger partial charge in [-0.05, 0) is 73.0 Å². The molecule has 2 heterocycles. The molecule has 1 atom stereocenters. The highest BCUT2D eigenvalue weighted by Crippen LogP contribution is 2.45. The van der Waals surface area contributed by atoms with Crippen LogP contribution >= 0.6 is 23.1 Å². The number of anilines is 1. The van der Waals surface area contributed by atoms with Crippen molar-refractivity contribution in [3.63, 3.8) is 0 Å². The summed E-state index contributed by atoms with van der Waals surface area (Å²) in [4.78, 5) is 28.7. The molecule has 10 heteroatoms. The molecule has 0 saturated carbocycles. The Morgan fingerprint density at radius 1 is 0.932 bits per heavy atom. The molecule has 0 aliphatic carbocycles. The Hall–Kier alpha value is -4.80. The first-order valence-corrected chi connectivity index (χ1v) is 15.5. The number of carbonyl (C=O) groups is 2.